The monoisotopic (exact) mass is 300 g/mol. The highest BCUT2D eigenvalue weighted by atomic mass is 35.5. The maximum Gasteiger partial charge on any atom is 0.222 e. The second-order valence-electron chi connectivity index (χ2n) is 4.05. The van der Waals surface area contributed by atoms with Crippen LogP contribution in [-0.4, -0.2) is 26.9 Å². The molecule has 0 unspecified atom stereocenters. The molecule has 5 nitrogen and oxygen atoms in total. The normalized spacial score (nSPS) is 10.8. The van der Waals surface area contributed by atoms with Gasteiger partial charge in [-0.05, 0) is 13.3 Å². The molecule has 0 aliphatic carbocycles. The van der Waals surface area contributed by atoms with Crippen LogP contribution in [0.4, 0.5) is 0 Å². The van der Waals surface area contributed by atoms with Gasteiger partial charge in [-0.2, -0.15) is 5.10 Å². The van der Waals surface area contributed by atoms with Crippen molar-refractivity contribution in [2.24, 2.45) is 7.05 Å². The van der Waals surface area contributed by atoms with Crippen LogP contribution >= 0.6 is 23.2 Å². The molecule has 2 heterocycles. The highest BCUT2D eigenvalue weighted by molar-refractivity contribution is 6.34. The zero-order chi connectivity index (χ0) is 14.2. The molecular weight excluding hydrogens is 287 g/mol. The summed E-state index contributed by atoms with van der Waals surface area (Å²) in [5.74, 6) is 1.00. The van der Waals surface area contributed by atoms with E-state index in [4.69, 9.17) is 27.9 Å². The molecule has 2 aromatic rings. The summed E-state index contributed by atoms with van der Waals surface area (Å²) >= 11 is 12.3. The highest BCUT2D eigenvalue weighted by Crippen LogP contribution is 2.33. The summed E-state index contributed by atoms with van der Waals surface area (Å²) in [5.41, 5.74) is 2.21. The summed E-state index contributed by atoms with van der Waals surface area (Å²) in [5, 5.41) is 5.01. The Morgan fingerprint density at radius 1 is 1.21 bits per heavy atom. The molecule has 0 fully saturated rings. The van der Waals surface area contributed by atoms with Gasteiger partial charge in [0, 0.05) is 12.6 Å². The van der Waals surface area contributed by atoms with Gasteiger partial charge < -0.3 is 4.74 Å². The molecule has 0 saturated carbocycles. The molecule has 102 valence electrons. The van der Waals surface area contributed by atoms with Gasteiger partial charge in [0.1, 0.15) is 15.9 Å². The van der Waals surface area contributed by atoms with E-state index >= 15 is 0 Å². The Morgan fingerprint density at radius 3 is 2.26 bits per heavy atom. The van der Waals surface area contributed by atoms with E-state index in [0.29, 0.717) is 34.0 Å². The Hall–Kier alpha value is -1.33. The maximum absolute atomic E-state index is 6.14. The van der Waals surface area contributed by atoms with Crippen molar-refractivity contribution in [2.75, 3.05) is 7.11 Å². The lowest BCUT2D eigenvalue weighted by Crippen LogP contribution is -1.99. The minimum atomic E-state index is 0.364. The largest absolute Gasteiger partial charge is 0.481 e. The van der Waals surface area contributed by atoms with Crippen LogP contribution in [0.25, 0.3) is 11.4 Å². The van der Waals surface area contributed by atoms with Gasteiger partial charge in [-0.3, -0.25) is 0 Å². The summed E-state index contributed by atoms with van der Waals surface area (Å²) in [6.45, 7) is 3.81. The Balaban J connectivity index is 2.66. The first-order chi connectivity index (χ1) is 8.99. The lowest BCUT2D eigenvalue weighted by molar-refractivity contribution is 0.374. The van der Waals surface area contributed by atoms with Gasteiger partial charge in [-0.1, -0.05) is 30.1 Å². The average molecular weight is 301 g/mol. The van der Waals surface area contributed by atoms with Crippen LogP contribution in [0, 0.1) is 6.92 Å². The standard InChI is InChI=1S/C12H14Cl2N4O/c1-5-7-9(13)15-11(16-10(7)14)8-6(2)17-18(3)12(8)19-4/h5H2,1-4H3. The number of ether oxygens (including phenoxy) is 1. The zero-order valence-corrected chi connectivity index (χ0v) is 12.7. The summed E-state index contributed by atoms with van der Waals surface area (Å²) < 4.78 is 6.95. The van der Waals surface area contributed by atoms with Gasteiger partial charge in [0.25, 0.3) is 0 Å². The lowest BCUT2D eigenvalue weighted by atomic mass is 10.2. The number of aryl methyl sites for hydroxylation is 2. The third-order valence-corrected chi connectivity index (χ3v) is 3.47. The van der Waals surface area contributed by atoms with Crippen LogP contribution in [0.5, 0.6) is 5.88 Å². The average Bonchev–Trinajstić information content (AvgIpc) is 2.62. The lowest BCUT2D eigenvalue weighted by Gasteiger charge is -2.07. The summed E-state index contributed by atoms with van der Waals surface area (Å²) in [7, 11) is 3.36. The molecule has 0 saturated heterocycles. The number of hydrogen-bond acceptors (Lipinski definition) is 4. The fourth-order valence-corrected chi connectivity index (χ4v) is 2.62. The topological polar surface area (TPSA) is 52.8 Å². The van der Waals surface area contributed by atoms with Crippen LogP contribution in [0.2, 0.25) is 10.3 Å². The maximum atomic E-state index is 6.14. The molecule has 0 spiro atoms. The molecule has 0 atom stereocenters. The first kappa shape index (κ1) is 14.1. The molecule has 0 bridgehead atoms. The van der Waals surface area contributed by atoms with Gasteiger partial charge in [-0.25, -0.2) is 14.6 Å². The quantitative estimate of drug-likeness (QED) is 0.818. The van der Waals surface area contributed by atoms with Gasteiger partial charge in [0.15, 0.2) is 5.82 Å². The van der Waals surface area contributed by atoms with Gasteiger partial charge in [0.2, 0.25) is 5.88 Å². The Labute approximate surface area is 121 Å². The van der Waals surface area contributed by atoms with E-state index in [2.05, 4.69) is 15.1 Å². The molecule has 0 radical (unpaired) electrons. The van der Waals surface area contributed by atoms with E-state index < -0.39 is 0 Å². The predicted octanol–water partition coefficient (Wildman–Crippen LogP) is 3.06. The molecule has 0 aliphatic heterocycles. The van der Waals surface area contributed by atoms with Crippen LogP contribution < -0.4 is 4.74 Å². The van der Waals surface area contributed by atoms with E-state index in [1.165, 1.54) is 0 Å². The van der Waals surface area contributed by atoms with Crippen LogP contribution in [0.15, 0.2) is 0 Å². The molecule has 2 aromatic heterocycles. The minimum Gasteiger partial charge on any atom is -0.481 e. The SMILES string of the molecule is CCc1c(Cl)nc(-c2c(C)nn(C)c2OC)nc1Cl. The second-order valence-corrected chi connectivity index (χ2v) is 4.77. The zero-order valence-electron chi connectivity index (χ0n) is 11.2. The van der Waals surface area contributed by atoms with E-state index in [1.54, 1.807) is 18.8 Å². The third kappa shape index (κ3) is 2.40. The smallest absolute Gasteiger partial charge is 0.222 e. The third-order valence-electron chi connectivity index (χ3n) is 2.85. The number of nitrogens with zero attached hydrogens (tertiary/aromatic N) is 4. The van der Waals surface area contributed by atoms with E-state index in [0.717, 1.165) is 11.3 Å². The summed E-state index contributed by atoms with van der Waals surface area (Å²) in [4.78, 5) is 8.59. The molecular formula is C12H14Cl2N4O. The van der Waals surface area contributed by atoms with Crippen molar-refractivity contribution in [2.45, 2.75) is 20.3 Å². The fourth-order valence-electron chi connectivity index (χ4n) is 1.96. The number of methoxy groups -OCH3 is 1. The van der Waals surface area contributed by atoms with Crippen LogP contribution in [-0.2, 0) is 13.5 Å². The van der Waals surface area contributed by atoms with Crippen molar-refractivity contribution in [1.29, 1.82) is 0 Å². The van der Waals surface area contributed by atoms with Crippen molar-refractivity contribution >= 4 is 23.2 Å². The van der Waals surface area contributed by atoms with Crippen molar-refractivity contribution in [3.05, 3.63) is 21.6 Å². The molecule has 0 aliphatic rings. The number of hydrogen-bond donors (Lipinski definition) is 0. The van der Waals surface area contributed by atoms with Crippen molar-refractivity contribution in [3.63, 3.8) is 0 Å². The molecule has 0 aromatic carbocycles. The van der Waals surface area contributed by atoms with E-state index in [1.807, 2.05) is 13.8 Å². The Kier molecular flexibility index (Phi) is 3.96. The number of rotatable bonds is 3. The molecule has 0 amide bonds. The van der Waals surface area contributed by atoms with E-state index in [9.17, 15) is 0 Å². The van der Waals surface area contributed by atoms with Crippen molar-refractivity contribution in [3.8, 4) is 17.3 Å². The predicted molar refractivity (Wildman–Crippen MR) is 74.9 cm³/mol. The Morgan fingerprint density at radius 2 is 1.79 bits per heavy atom. The number of aromatic nitrogens is 4. The van der Waals surface area contributed by atoms with Gasteiger partial charge in [-0.15, -0.1) is 0 Å². The van der Waals surface area contributed by atoms with Crippen LogP contribution in [0.3, 0.4) is 0 Å². The van der Waals surface area contributed by atoms with Crippen molar-refractivity contribution in [1.82, 2.24) is 19.7 Å². The number of halogens is 2. The van der Waals surface area contributed by atoms with Crippen molar-refractivity contribution < 1.29 is 4.74 Å². The second kappa shape index (κ2) is 5.35. The van der Waals surface area contributed by atoms with Crippen LogP contribution in [0.1, 0.15) is 18.2 Å². The highest BCUT2D eigenvalue weighted by Gasteiger charge is 2.20. The van der Waals surface area contributed by atoms with E-state index in [-0.39, 0.29) is 0 Å². The first-order valence-electron chi connectivity index (χ1n) is 5.79. The molecule has 0 N–H and O–H groups in total. The molecule has 7 heteroatoms. The summed E-state index contributed by atoms with van der Waals surface area (Å²) in [6.07, 6.45) is 0.682. The molecule has 2 rings (SSSR count). The summed E-state index contributed by atoms with van der Waals surface area (Å²) in [6, 6.07) is 0. The Bertz CT molecular complexity index is 601. The van der Waals surface area contributed by atoms with Gasteiger partial charge in [0.05, 0.1) is 12.8 Å². The molecule has 19 heavy (non-hydrogen) atoms. The minimum absolute atomic E-state index is 0.364. The fraction of sp³-hybridized carbons (Fsp3) is 0.417. The van der Waals surface area contributed by atoms with Gasteiger partial charge >= 0.3 is 0 Å². The first-order valence-corrected chi connectivity index (χ1v) is 6.55.